The number of rotatable bonds is 38. The number of hydrogen-bond donors (Lipinski definition) is 12. The summed E-state index contributed by atoms with van der Waals surface area (Å²) in [6.07, 6.45) is 10.0. The molecule has 0 aliphatic carbocycles. The standard InChI is InChI=1S/C53H95NO18/c1-3-5-7-9-11-13-15-17-18-19-21-23-25-27-29-31-41(59)54-36(37(58)30-28-26-24-22-20-16-14-12-10-8-6-4-2)35-67-51-47(65)44(62)49(39(33-56)69-51)72-53-48(66)45(63)50(40(34-57)70-53)71-52-46(64)43(61)42(60)38(32-55)68-52/h17-18,20,22,28,30,36-40,42-53,55-58,60-66H,3-16,19,21,23-27,29,31-35H2,1-2H3,(H,54,59)/b18-17-,22-20+,30-28+. The highest BCUT2D eigenvalue weighted by Gasteiger charge is 2.53. The third-order valence-electron chi connectivity index (χ3n) is 13.7. The molecule has 1 amide bonds. The third-order valence-corrected chi connectivity index (χ3v) is 13.7. The third kappa shape index (κ3) is 22.7. The molecule has 3 saturated heterocycles. The Morgan fingerprint density at radius 1 is 0.486 bits per heavy atom. The van der Waals surface area contributed by atoms with Crippen molar-refractivity contribution in [3.8, 4) is 0 Å². The summed E-state index contributed by atoms with van der Waals surface area (Å²) in [6, 6.07) is -0.990. The Balaban J connectivity index is 1.56. The molecule has 17 unspecified atom stereocenters. The molecule has 3 fully saturated rings. The van der Waals surface area contributed by atoms with Crippen molar-refractivity contribution < 1.29 is 89.4 Å². The molecular weight excluding hydrogens is 939 g/mol. The van der Waals surface area contributed by atoms with E-state index in [1.54, 1.807) is 6.08 Å². The van der Waals surface area contributed by atoms with E-state index >= 15 is 0 Å². The maximum Gasteiger partial charge on any atom is 0.220 e. The first kappa shape index (κ1) is 64.3. The van der Waals surface area contributed by atoms with Crippen LogP contribution in [0.4, 0.5) is 0 Å². The van der Waals surface area contributed by atoms with Crippen molar-refractivity contribution in [2.24, 2.45) is 0 Å². The minimum atomic E-state index is -1.98. The topological polar surface area (TPSA) is 307 Å². The van der Waals surface area contributed by atoms with Gasteiger partial charge in [-0.15, -0.1) is 0 Å². The molecule has 0 bridgehead atoms. The van der Waals surface area contributed by atoms with Crippen LogP contribution in [0, 0.1) is 0 Å². The number of carbonyl (C=O) groups is 1. The van der Waals surface area contributed by atoms with Gasteiger partial charge >= 0.3 is 0 Å². The largest absolute Gasteiger partial charge is 0.394 e. The van der Waals surface area contributed by atoms with Crippen molar-refractivity contribution in [2.75, 3.05) is 26.4 Å². The van der Waals surface area contributed by atoms with Gasteiger partial charge in [0.2, 0.25) is 5.91 Å². The van der Waals surface area contributed by atoms with Crippen molar-refractivity contribution in [1.82, 2.24) is 5.32 Å². The van der Waals surface area contributed by atoms with Crippen LogP contribution in [-0.2, 0) is 33.2 Å². The Kier molecular flexibility index (Phi) is 33.7. The maximum absolute atomic E-state index is 13.2. The van der Waals surface area contributed by atoms with Crippen molar-refractivity contribution in [3.63, 3.8) is 0 Å². The Morgan fingerprint density at radius 2 is 0.889 bits per heavy atom. The monoisotopic (exact) mass is 1030 g/mol. The number of unbranched alkanes of at least 4 members (excludes halogenated alkanes) is 18. The molecule has 0 radical (unpaired) electrons. The second kappa shape index (κ2) is 37.7. The lowest BCUT2D eigenvalue weighted by molar-refractivity contribution is -0.379. The van der Waals surface area contributed by atoms with E-state index in [4.69, 9.17) is 28.4 Å². The molecule has 3 heterocycles. The average molecular weight is 1030 g/mol. The number of aliphatic hydroxyl groups is 11. The lowest BCUT2D eigenvalue weighted by atomic mass is 9.96. The number of nitrogens with one attached hydrogen (secondary N) is 1. The molecule has 420 valence electrons. The molecule has 19 nitrogen and oxygen atoms in total. The van der Waals surface area contributed by atoms with Gasteiger partial charge in [0.25, 0.3) is 0 Å². The van der Waals surface area contributed by atoms with E-state index in [0.717, 1.165) is 57.8 Å². The SMILES string of the molecule is CCCCCCCC/C=C\CCCCCCCC(=O)NC(COC1OC(CO)C(OC2OC(CO)C(OC3OC(CO)C(O)C(O)C3O)C(O)C2O)C(O)C1O)C(O)/C=C/CC/C=C/CCCCCCCC. The fraction of sp³-hybridized carbons (Fsp3) is 0.868. The van der Waals surface area contributed by atoms with Gasteiger partial charge in [-0.2, -0.15) is 0 Å². The van der Waals surface area contributed by atoms with Crippen LogP contribution >= 0.6 is 0 Å². The first-order valence-electron chi connectivity index (χ1n) is 27.2. The Hall–Kier alpha value is -1.99. The van der Waals surface area contributed by atoms with Crippen molar-refractivity contribution >= 4 is 5.91 Å². The smallest absolute Gasteiger partial charge is 0.220 e. The van der Waals surface area contributed by atoms with Gasteiger partial charge in [-0.05, 0) is 57.8 Å². The molecule has 0 aromatic carbocycles. The van der Waals surface area contributed by atoms with Crippen LogP contribution in [0.5, 0.6) is 0 Å². The maximum atomic E-state index is 13.2. The highest BCUT2D eigenvalue weighted by molar-refractivity contribution is 5.76. The van der Waals surface area contributed by atoms with Crippen LogP contribution in [0.1, 0.15) is 162 Å². The average Bonchev–Trinajstić information content (AvgIpc) is 3.37. The van der Waals surface area contributed by atoms with E-state index in [0.29, 0.717) is 12.8 Å². The van der Waals surface area contributed by atoms with E-state index in [1.165, 1.54) is 70.6 Å². The van der Waals surface area contributed by atoms with E-state index in [2.05, 4.69) is 43.5 Å². The molecule has 3 aliphatic rings. The highest BCUT2D eigenvalue weighted by Crippen LogP contribution is 2.33. The number of hydrogen-bond acceptors (Lipinski definition) is 18. The summed E-state index contributed by atoms with van der Waals surface area (Å²) in [4.78, 5) is 13.2. The number of aliphatic hydroxyl groups excluding tert-OH is 11. The number of carbonyl (C=O) groups excluding carboxylic acids is 1. The summed E-state index contributed by atoms with van der Waals surface area (Å²) in [6.45, 7) is 1.64. The van der Waals surface area contributed by atoms with Crippen LogP contribution in [0.25, 0.3) is 0 Å². The molecule has 19 heteroatoms. The van der Waals surface area contributed by atoms with Crippen LogP contribution in [0.15, 0.2) is 36.5 Å². The predicted molar refractivity (Wildman–Crippen MR) is 268 cm³/mol. The van der Waals surface area contributed by atoms with Gasteiger partial charge in [-0.3, -0.25) is 4.79 Å². The minimum Gasteiger partial charge on any atom is -0.394 e. The molecule has 0 spiro atoms. The second-order valence-corrected chi connectivity index (χ2v) is 19.7. The van der Waals surface area contributed by atoms with E-state index < -0.39 is 124 Å². The zero-order valence-electron chi connectivity index (χ0n) is 43.1. The van der Waals surface area contributed by atoms with Gasteiger partial charge in [0.1, 0.15) is 73.2 Å². The van der Waals surface area contributed by atoms with E-state index in [9.17, 15) is 61.0 Å². The molecule has 3 rings (SSSR count). The molecule has 17 atom stereocenters. The van der Waals surface area contributed by atoms with Gasteiger partial charge < -0.3 is 89.9 Å². The van der Waals surface area contributed by atoms with E-state index in [-0.39, 0.29) is 18.9 Å². The Morgan fingerprint density at radius 3 is 1.39 bits per heavy atom. The number of allylic oxidation sites excluding steroid dienone is 5. The van der Waals surface area contributed by atoms with Gasteiger partial charge in [0.15, 0.2) is 18.9 Å². The molecule has 0 saturated carbocycles. The molecule has 0 aromatic rings. The summed E-state index contributed by atoms with van der Waals surface area (Å²) >= 11 is 0. The molecule has 3 aliphatic heterocycles. The van der Waals surface area contributed by atoms with Gasteiger partial charge in [0, 0.05) is 6.42 Å². The highest BCUT2D eigenvalue weighted by atomic mass is 16.8. The lowest BCUT2D eigenvalue weighted by Gasteiger charge is -2.48. The molecular formula is C53H95NO18. The van der Waals surface area contributed by atoms with Crippen molar-refractivity contribution in [1.29, 1.82) is 0 Å². The van der Waals surface area contributed by atoms with Crippen LogP contribution < -0.4 is 5.32 Å². The van der Waals surface area contributed by atoms with Crippen molar-refractivity contribution in [2.45, 2.75) is 266 Å². The Labute approximate surface area is 428 Å². The second-order valence-electron chi connectivity index (χ2n) is 19.7. The Bertz CT molecular complexity index is 1470. The minimum absolute atomic E-state index is 0.225. The lowest BCUT2D eigenvalue weighted by Crippen LogP contribution is -2.66. The first-order chi connectivity index (χ1) is 34.8. The summed E-state index contributed by atoms with van der Waals surface area (Å²) in [7, 11) is 0. The summed E-state index contributed by atoms with van der Waals surface area (Å²) < 4.78 is 34.1. The fourth-order valence-electron chi connectivity index (χ4n) is 9.08. The van der Waals surface area contributed by atoms with Crippen LogP contribution in [0.3, 0.4) is 0 Å². The zero-order valence-corrected chi connectivity index (χ0v) is 43.1. The van der Waals surface area contributed by atoms with Crippen LogP contribution in [0.2, 0.25) is 0 Å². The zero-order chi connectivity index (χ0) is 52.7. The number of amides is 1. The van der Waals surface area contributed by atoms with Gasteiger partial charge in [-0.25, -0.2) is 0 Å². The molecule has 72 heavy (non-hydrogen) atoms. The quantitative estimate of drug-likeness (QED) is 0.0313. The predicted octanol–water partition coefficient (Wildman–Crippen LogP) is 2.98. The number of ether oxygens (including phenoxy) is 6. The fourth-order valence-corrected chi connectivity index (χ4v) is 9.08. The summed E-state index contributed by atoms with van der Waals surface area (Å²) in [5.74, 6) is -0.298. The summed E-state index contributed by atoms with van der Waals surface area (Å²) in [5, 5.41) is 120. The first-order valence-corrected chi connectivity index (χ1v) is 27.2. The van der Waals surface area contributed by atoms with Gasteiger partial charge in [-0.1, -0.05) is 134 Å². The van der Waals surface area contributed by atoms with Gasteiger partial charge in [0.05, 0.1) is 38.6 Å². The van der Waals surface area contributed by atoms with Crippen LogP contribution in [-0.4, -0.2) is 193 Å². The normalized spacial score (nSPS) is 32.3. The van der Waals surface area contributed by atoms with Crippen molar-refractivity contribution in [3.05, 3.63) is 36.5 Å². The molecule has 0 aromatic heterocycles. The summed E-state index contributed by atoms with van der Waals surface area (Å²) in [5.41, 5.74) is 0. The van der Waals surface area contributed by atoms with E-state index in [1.807, 2.05) is 6.08 Å². The molecule has 12 N–H and O–H groups in total.